The molecule has 0 bridgehead atoms. The van der Waals surface area contributed by atoms with Crippen LogP contribution in [-0.4, -0.2) is 38.0 Å². The molecule has 0 unspecified atom stereocenters. The number of hydrogen-bond donors (Lipinski definition) is 1. The minimum Gasteiger partial charge on any atom is -0.493 e. The Labute approximate surface area is 142 Å². The van der Waals surface area contributed by atoms with Crippen LogP contribution in [0.5, 0.6) is 5.75 Å². The summed E-state index contributed by atoms with van der Waals surface area (Å²) in [6, 6.07) is 5.39. The molecule has 5 nitrogen and oxygen atoms in total. The van der Waals surface area contributed by atoms with Crippen molar-refractivity contribution in [2.75, 3.05) is 18.1 Å². The molecule has 128 valence electrons. The maximum absolute atomic E-state index is 12.0. The predicted octanol–water partition coefficient (Wildman–Crippen LogP) is 2.50. The van der Waals surface area contributed by atoms with E-state index in [9.17, 15) is 13.2 Å². The standard InChI is InChI=1S/C16H22ClNO4S/c1-12-10-13(17)5-6-14(12)22-8-3-4-15(19)18-16(2)7-9-23(20,21)11-16/h5-6,10H,3-4,7-9,11H2,1-2H3,(H,18,19)/t16-/m1/s1. The quantitative estimate of drug-likeness (QED) is 0.792. The van der Waals surface area contributed by atoms with Crippen molar-refractivity contribution in [3.63, 3.8) is 0 Å². The molecule has 1 heterocycles. The van der Waals surface area contributed by atoms with Crippen molar-refractivity contribution in [1.29, 1.82) is 0 Å². The maximum atomic E-state index is 12.0. The van der Waals surface area contributed by atoms with E-state index in [4.69, 9.17) is 16.3 Å². The number of aryl methyl sites for hydroxylation is 1. The highest BCUT2D eigenvalue weighted by Crippen LogP contribution is 2.23. The lowest BCUT2D eigenvalue weighted by atomic mass is 10.0. The van der Waals surface area contributed by atoms with Crippen LogP contribution in [0.25, 0.3) is 0 Å². The number of carbonyl (C=O) groups excluding carboxylic acids is 1. The Balaban J connectivity index is 1.73. The maximum Gasteiger partial charge on any atom is 0.220 e. The van der Waals surface area contributed by atoms with Crippen molar-refractivity contribution in [2.45, 2.75) is 38.6 Å². The van der Waals surface area contributed by atoms with Gasteiger partial charge in [0.25, 0.3) is 0 Å². The van der Waals surface area contributed by atoms with Gasteiger partial charge in [-0.05, 0) is 50.5 Å². The zero-order chi connectivity index (χ0) is 17.1. The monoisotopic (exact) mass is 359 g/mol. The third kappa shape index (κ3) is 5.39. The van der Waals surface area contributed by atoms with E-state index in [1.165, 1.54) is 0 Å². The second kappa shape index (κ2) is 7.09. The molecule has 1 fully saturated rings. The van der Waals surface area contributed by atoms with Crippen LogP contribution < -0.4 is 10.1 Å². The molecule has 1 amide bonds. The van der Waals surface area contributed by atoms with E-state index in [0.29, 0.717) is 30.9 Å². The van der Waals surface area contributed by atoms with E-state index in [0.717, 1.165) is 11.3 Å². The zero-order valence-electron chi connectivity index (χ0n) is 13.4. The highest BCUT2D eigenvalue weighted by atomic mass is 35.5. The van der Waals surface area contributed by atoms with Gasteiger partial charge in [0.2, 0.25) is 5.91 Å². The third-order valence-corrected chi connectivity index (χ3v) is 6.03. The summed E-state index contributed by atoms with van der Waals surface area (Å²) in [5.41, 5.74) is 0.314. The molecule has 0 spiro atoms. The molecule has 0 aromatic heterocycles. The molecule has 1 saturated heterocycles. The molecule has 0 saturated carbocycles. The van der Waals surface area contributed by atoms with E-state index in [2.05, 4.69) is 5.32 Å². The van der Waals surface area contributed by atoms with Crippen LogP contribution in [0.3, 0.4) is 0 Å². The number of rotatable bonds is 6. The van der Waals surface area contributed by atoms with E-state index in [1.54, 1.807) is 13.0 Å². The smallest absolute Gasteiger partial charge is 0.220 e. The second-order valence-corrected chi connectivity index (χ2v) is 8.93. The summed E-state index contributed by atoms with van der Waals surface area (Å²) in [7, 11) is -3.02. The number of hydrogen-bond acceptors (Lipinski definition) is 4. The molecule has 1 aromatic carbocycles. The zero-order valence-corrected chi connectivity index (χ0v) is 15.0. The molecule has 0 radical (unpaired) electrons. The van der Waals surface area contributed by atoms with Gasteiger partial charge in [0.05, 0.1) is 23.7 Å². The summed E-state index contributed by atoms with van der Waals surface area (Å²) in [6.07, 6.45) is 1.35. The van der Waals surface area contributed by atoms with Gasteiger partial charge in [0.1, 0.15) is 5.75 Å². The van der Waals surface area contributed by atoms with Crippen molar-refractivity contribution in [3.8, 4) is 5.75 Å². The normalized spacial score (nSPS) is 22.7. The van der Waals surface area contributed by atoms with Gasteiger partial charge in [-0.1, -0.05) is 11.6 Å². The molecule has 1 N–H and O–H groups in total. The van der Waals surface area contributed by atoms with Gasteiger partial charge < -0.3 is 10.1 Å². The molecule has 1 aromatic rings. The topological polar surface area (TPSA) is 72.5 Å². The van der Waals surface area contributed by atoms with Gasteiger partial charge in [-0.15, -0.1) is 0 Å². The summed E-state index contributed by atoms with van der Waals surface area (Å²) in [5, 5.41) is 3.50. The van der Waals surface area contributed by atoms with Crippen LogP contribution in [0.4, 0.5) is 0 Å². The molecule has 2 rings (SSSR count). The first-order valence-corrected chi connectivity index (χ1v) is 9.79. The molecule has 1 aliphatic heterocycles. The van der Waals surface area contributed by atoms with Crippen LogP contribution in [0.1, 0.15) is 31.7 Å². The molecular weight excluding hydrogens is 338 g/mol. The number of sulfone groups is 1. The van der Waals surface area contributed by atoms with E-state index >= 15 is 0 Å². The average Bonchev–Trinajstić information content (AvgIpc) is 2.70. The third-order valence-electron chi connectivity index (χ3n) is 3.89. The fourth-order valence-electron chi connectivity index (χ4n) is 2.70. The fraction of sp³-hybridized carbons (Fsp3) is 0.562. The van der Waals surface area contributed by atoms with Crippen molar-refractivity contribution < 1.29 is 17.9 Å². The summed E-state index contributed by atoms with van der Waals surface area (Å²) >= 11 is 5.88. The summed E-state index contributed by atoms with van der Waals surface area (Å²) < 4.78 is 28.7. The minimum atomic E-state index is -3.02. The minimum absolute atomic E-state index is 0.0200. The van der Waals surface area contributed by atoms with Crippen LogP contribution in [0.15, 0.2) is 18.2 Å². The lowest BCUT2D eigenvalue weighted by Crippen LogP contribution is -2.46. The number of benzene rings is 1. The summed E-state index contributed by atoms with van der Waals surface area (Å²) in [5.74, 6) is 0.777. The van der Waals surface area contributed by atoms with Gasteiger partial charge in [-0.2, -0.15) is 0 Å². The largest absolute Gasteiger partial charge is 0.493 e. The molecule has 23 heavy (non-hydrogen) atoms. The Kier molecular flexibility index (Phi) is 5.57. The van der Waals surface area contributed by atoms with E-state index in [-0.39, 0.29) is 17.4 Å². The SMILES string of the molecule is Cc1cc(Cl)ccc1OCCCC(=O)N[C@]1(C)CCS(=O)(=O)C1. The number of nitrogens with one attached hydrogen (secondary N) is 1. The molecular formula is C16H22ClNO4S. The Morgan fingerprint density at radius 1 is 1.43 bits per heavy atom. The number of carbonyl (C=O) groups is 1. The van der Waals surface area contributed by atoms with Gasteiger partial charge >= 0.3 is 0 Å². The molecule has 1 aliphatic rings. The highest BCUT2D eigenvalue weighted by molar-refractivity contribution is 7.91. The lowest BCUT2D eigenvalue weighted by Gasteiger charge is -2.23. The first-order valence-electron chi connectivity index (χ1n) is 7.60. The summed E-state index contributed by atoms with van der Waals surface area (Å²) in [6.45, 7) is 4.11. The molecule has 1 atom stereocenters. The Bertz CT molecular complexity index is 689. The van der Waals surface area contributed by atoms with Crippen molar-refractivity contribution >= 4 is 27.3 Å². The van der Waals surface area contributed by atoms with Gasteiger partial charge in [0.15, 0.2) is 9.84 Å². The van der Waals surface area contributed by atoms with Crippen molar-refractivity contribution in [3.05, 3.63) is 28.8 Å². The van der Waals surface area contributed by atoms with Crippen molar-refractivity contribution in [1.82, 2.24) is 5.32 Å². The molecule has 0 aliphatic carbocycles. The average molecular weight is 360 g/mol. The lowest BCUT2D eigenvalue weighted by molar-refractivity contribution is -0.122. The summed E-state index contributed by atoms with van der Waals surface area (Å²) in [4.78, 5) is 12.0. The van der Waals surface area contributed by atoms with Crippen LogP contribution >= 0.6 is 11.6 Å². The first kappa shape index (κ1) is 18.1. The second-order valence-electron chi connectivity index (χ2n) is 6.31. The van der Waals surface area contributed by atoms with Gasteiger partial charge in [0, 0.05) is 11.4 Å². The molecule has 7 heteroatoms. The van der Waals surface area contributed by atoms with Crippen LogP contribution in [-0.2, 0) is 14.6 Å². The number of halogens is 1. The number of ether oxygens (including phenoxy) is 1. The first-order chi connectivity index (χ1) is 10.7. The Morgan fingerprint density at radius 3 is 2.78 bits per heavy atom. The number of amides is 1. The Morgan fingerprint density at radius 2 is 2.17 bits per heavy atom. The fourth-order valence-corrected chi connectivity index (χ4v) is 5.02. The van der Waals surface area contributed by atoms with Gasteiger partial charge in [-0.3, -0.25) is 4.79 Å². The van der Waals surface area contributed by atoms with Crippen molar-refractivity contribution in [2.24, 2.45) is 0 Å². The van der Waals surface area contributed by atoms with Crippen LogP contribution in [0, 0.1) is 6.92 Å². The van der Waals surface area contributed by atoms with E-state index in [1.807, 2.05) is 19.1 Å². The Hall–Kier alpha value is -1.27. The van der Waals surface area contributed by atoms with E-state index < -0.39 is 15.4 Å². The highest BCUT2D eigenvalue weighted by Gasteiger charge is 2.39. The predicted molar refractivity (Wildman–Crippen MR) is 90.7 cm³/mol. The van der Waals surface area contributed by atoms with Crippen LogP contribution in [0.2, 0.25) is 5.02 Å². The van der Waals surface area contributed by atoms with Gasteiger partial charge in [-0.25, -0.2) is 8.42 Å².